The number of pyridine rings is 1. The van der Waals surface area contributed by atoms with Crippen LogP contribution in [-0.4, -0.2) is 37.2 Å². The summed E-state index contributed by atoms with van der Waals surface area (Å²) in [5, 5.41) is 4.52. The van der Waals surface area contributed by atoms with Gasteiger partial charge in [0.2, 0.25) is 5.91 Å². The van der Waals surface area contributed by atoms with Gasteiger partial charge in [0.15, 0.2) is 0 Å². The Morgan fingerprint density at radius 3 is 2.83 bits per heavy atom. The Labute approximate surface area is 140 Å². The molecule has 0 aliphatic carbocycles. The first-order valence-electron chi connectivity index (χ1n) is 7.15. The van der Waals surface area contributed by atoms with E-state index in [4.69, 9.17) is 0 Å². The van der Waals surface area contributed by atoms with E-state index in [1.54, 1.807) is 29.9 Å². The molecule has 0 aliphatic heterocycles. The zero-order valence-electron chi connectivity index (χ0n) is 12.8. The van der Waals surface area contributed by atoms with Crippen LogP contribution in [0.4, 0.5) is 0 Å². The predicted molar refractivity (Wildman–Crippen MR) is 89.5 cm³/mol. The van der Waals surface area contributed by atoms with E-state index >= 15 is 0 Å². The van der Waals surface area contributed by atoms with Gasteiger partial charge in [-0.1, -0.05) is 12.1 Å². The molecule has 23 heavy (non-hydrogen) atoms. The monoisotopic (exact) mass is 353 g/mol. The molecule has 0 atom stereocenters. The summed E-state index contributed by atoms with van der Waals surface area (Å²) in [7, 11) is -1.91. The number of thiophene rings is 1. The van der Waals surface area contributed by atoms with Crippen molar-refractivity contribution >= 4 is 27.3 Å². The summed E-state index contributed by atoms with van der Waals surface area (Å²) in [6.07, 6.45) is 4.13. The van der Waals surface area contributed by atoms with E-state index in [2.05, 4.69) is 10.3 Å². The molecular weight excluding hydrogens is 334 g/mol. The van der Waals surface area contributed by atoms with Crippen molar-refractivity contribution in [3.63, 3.8) is 0 Å². The molecule has 0 aliphatic rings. The van der Waals surface area contributed by atoms with Gasteiger partial charge in [-0.25, -0.2) is 12.7 Å². The SMILES string of the molecule is CN(CCCC(=O)NCc1cccnc1)S(=O)(=O)c1cccs1. The molecule has 0 saturated carbocycles. The van der Waals surface area contributed by atoms with E-state index in [0.717, 1.165) is 5.56 Å². The summed E-state index contributed by atoms with van der Waals surface area (Å²) in [6, 6.07) is 6.98. The summed E-state index contributed by atoms with van der Waals surface area (Å²) in [6.45, 7) is 0.733. The molecule has 2 aromatic rings. The standard InChI is InChI=1S/C15H19N3O3S2/c1-18(23(20,21)15-7-4-10-22-15)9-3-6-14(19)17-12-13-5-2-8-16-11-13/h2,4-5,7-8,10-11H,3,6,9,12H2,1H3,(H,17,19). The van der Waals surface area contributed by atoms with Gasteiger partial charge in [0.05, 0.1) is 0 Å². The first kappa shape index (κ1) is 17.6. The van der Waals surface area contributed by atoms with Gasteiger partial charge in [0.25, 0.3) is 10.0 Å². The number of hydrogen-bond acceptors (Lipinski definition) is 5. The second kappa shape index (κ2) is 8.19. The lowest BCUT2D eigenvalue weighted by atomic mass is 10.2. The number of carbonyl (C=O) groups excluding carboxylic acids is 1. The Kier molecular flexibility index (Phi) is 6.26. The summed E-state index contributed by atoms with van der Waals surface area (Å²) in [5.74, 6) is -0.101. The number of rotatable bonds is 8. The van der Waals surface area contributed by atoms with E-state index in [1.807, 2.05) is 12.1 Å². The summed E-state index contributed by atoms with van der Waals surface area (Å²) in [5.41, 5.74) is 0.929. The van der Waals surface area contributed by atoms with Crippen molar-refractivity contribution in [1.82, 2.24) is 14.6 Å². The summed E-state index contributed by atoms with van der Waals surface area (Å²) in [4.78, 5) is 15.8. The summed E-state index contributed by atoms with van der Waals surface area (Å²) < 4.78 is 26.0. The van der Waals surface area contributed by atoms with Crippen LogP contribution in [-0.2, 0) is 21.4 Å². The average Bonchev–Trinajstić information content (AvgIpc) is 3.09. The molecule has 2 rings (SSSR count). The third-order valence-corrected chi connectivity index (χ3v) is 6.48. The first-order valence-corrected chi connectivity index (χ1v) is 9.47. The highest BCUT2D eigenvalue weighted by atomic mass is 32.2. The molecule has 1 N–H and O–H groups in total. The fourth-order valence-corrected chi connectivity index (χ4v) is 4.35. The largest absolute Gasteiger partial charge is 0.352 e. The minimum atomic E-state index is -3.44. The number of nitrogens with zero attached hydrogens (tertiary/aromatic N) is 2. The fraction of sp³-hybridized carbons (Fsp3) is 0.333. The Balaban J connectivity index is 1.73. The van der Waals surface area contributed by atoms with Crippen LogP contribution in [0.2, 0.25) is 0 Å². The normalized spacial score (nSPS) is 11.6. The Bertz CT molecular complexity index is 716. The van der Waals surface area contributed by atoms with Crippen molar-refractivity contribution in [2.45, 2.75) is 23.6 Å². The van der Waals surface area contributed by atoms with E-state index in [9.17, 15) is 13.2 Å². The lowest BCUT2D eigenvalue weighted by Crippen LogP contribution is -2.29. The summed E-state index contributed by atoms with van der Waals surface area (Å²) >= 11 is 1.19. The van der Waals surface area contributed by atoms with Gasteiger partial charge in [0.1, 0.15) is 4.21 Å². The molecule has 1 amide bonds. The molecule has 0 spiro atoms. The van der Waals surface area contributed by atoms with Crippen molar-refractivity contribution in [3.8, 4) is 0 Å². The molecule has 2 aromatic heterocycles. The van der Waals surface area contributed by atoms with Gasteiger partial charge in [-0.3, -0.25) is 9.78 Å². The molecule has 124 valence electrons. The maximum Gasteiger partial charge on any atom is 0.252 e. The highest BCUT2D eigenvalue weighted by molar-refractivity contribution is 7.91. The topological polar surface area (TPSA) is 79.4 Å². The maximum atomic E-state index is 12.2. The van der Waals surface area contributed by atoms with Crippen molar-refractivity contribution in [3.05, 3.63) is 47.6 Å². The van der Waals surface area contributed by atoms with Crippen LogP contribution in [0.25, 0.3) is 0 Å². The molecule has 6 nitrogen and oxygen atoms in total. The van der Waals surface area contributed by atoms with Gasteiger partial charge in [-0.15, -0.1) is 11.3 Å². The van der Waals surface area contributed by atoms with E-state index in [1.165, 1.54) is 22.7 Å². The Morgan fingerprint density at radius 2 is 2.17 bits per heavy atom. The van der Waals surface area contributed by atoms with Crippen LogP contribution < -0.4 is 5.32 Å². The number of carbonyl (C=O) groups is 1. The van der Waals surface area contributed by atoms with Gasteiger partial charge in [-0.05, 0) is 29.5 Å². The van der Waals surface area contributed by atoms with Gasteiger partial charge in [0, 0.05) is 39.0 Å². The van der Waals surface area contributed by atoms with Crippen LogP contribution in [0.1, 0.15) is 18.4 Å². The van der Waals surface area contributed by atoms with E-state index in [0.29, 0.717) is 23.7 Å². The minimum Gasteiger partial charge on any atom is -0.352 e. The number of hydrogen-bond donors (Lipinski definition) is 1. The zero-order chi connectivity index (χ0) is 16.7. The molecule has 8 heteroatoms. The average molecular weight is 353 g/mol. The minimum absolute atomic E-state index is 0.101. The number of nitrogens with one attached hydrogen (secondary N) is 1. The number of sulfonamides is 1. The smallest absolute Gasteiger partial charge is 0.252 e. The number of aromatic nitrogens is 1. The van der Waals surface area contributed by atoms with Crippen LogP contribution in [0, 0.1) is 0 Å². The first-order chi connectivity index (χ1) is 11.0. The van der Waals surface area contributed by atoms with E-state index < -0.39 is 10.0 Å². The molecule has 0 unspecified atom stereocenters. The number of amides is 1. The molecule has 0 aromatic carbocycles. The van der Waals surface area contributed by atoms with Crippen molar-refractivity contribution in [2.24, 2.45) is 0 Å². The zero-order valence-corrected chi connectivity index (χ0v) is 14.4. The molecule has 0 saturated heterocycles. The predicted octanol–water partition coefficient (Wildman–Crippen LogP) is 1.86. The Hall–Kier alpha value is -1.77. The molecule has 0 radical (unpaired) electrons. The third-order valence-electron chi connectivity index (χ3n) is 3.25. The van der Waals surface area contributed by atoms with Crippen molar-refractivity contribution in [2.75, 3.05) is 13.6 Å². The van der Waals surface area contributed by atoms with Crippen LogP contribution in [0.3, 0.4) is 0 Å². The van der Waals surface area contributed by atoms with Crippen LogP contribution >= 0.6 is 11.3 Å². The lowest BCUT2D eigenvalue weighted by molar-refractivity contribution is -0.121. The maximum absolute atomic E-state index is 12.2. The van der Waals surface area contributed by atoms with Crippen LogP contribution in [0.5, 0.6) is 0 Å². The fourth-order valence-electron chi connectivity index (χ4n) is 1.94. The highest BCUT2D eigenvalue weighted by Crippen LogP contribution is 2.19. The molecule has 0 bridgehead atoms. The van der Waals surface area contributed by atoms with Gasteiger partial charge in [-0.2, -0.15) is 0 Å². The van der Waals surface area contributed by atoms with Crippen molar-refractivity contribution < 1.29 is 13.2 Å². The van der Waals surface area contributed by atoms with Crippen molar-refractivity contribution in [1.29, 1.82) is 0 Å². The van der Waals surface area contributed by atoms with E-state index in [-0.39, 0.29) is 12.3 Å². The second-order valence-corrected chi connectivity index (χ2v) is 8.22. The third kappa shape index (κ3) is 5.12. The second-order valence-electron chi connectivity index (χ2n) is 5.00. The van der Waals surface area contributed by atoms with Gasteiger partial charge >= 0.3 is 0 Å². The Morgan fingerprint density at radius 1 is 1.35 bits per heavy atom. The molecule has 0 fully saturated rings. The van der Waals surface area contributed by atoms with Crippen LogP contribution in [0.15, 0.2) is 46.2 Å². The molecular formula is C15H19N3O3S2. The molecule has 2 heterocycles. The van der Waals surface area contributed by atoms with Gasteiger partial charge < -0.3 is 5.32 Å². The lowest BCUT2D eigenvalue weighted by Gasteiger charge is -2.15. The highest BCUT2D eigenvalue weighted by Gasteiger charge is 2.21. The quantitative estimate of drug-likeness (QED) is 0.786.